The van der Waals surface area contributed by atoms with Gasteiger partial charge in [0, 0.05) is 49.3 Å². The van der Waals surface area contributed by atoms with Gasteiger partial charge < -0.3 is 8.98 Å². The van der Waals surface area contributed by atoms with Crippen LogP contribution in [0.3, 0.4) is 0 Å². The van der Waals surface area contributed by atoms with Gasteiger partial charge in [-0.2, -0.15) is 0 Å². The molecule has 12 aromatic rings. The number of hydrogen-bond acceptors (Lipinski definition) is 4. The predicted octanol–water partition coefficient (Wildman–Crippen LogP) is 14.4. The van der Waals surface area contributed by atoms with Crippen molar-refractivity contribution in [3.8, 4) is 62.1 Å². The molecule has 3 aromatic heterocycles. The first kappa shape index (κ1) is 33.9. The summed E-state index contributed by atoms with van der Waals surface area (Å²) < 4.78 is 8.56. The second-order valence-corrected chi connectivity index (χ2v) is 15.2. The number of para-hydroxylation sites is 1. The predicted molar refractivity (Wildman–Crippen MR) is 246 cm³/mol. The topological polar surface area (TPSA) is 56.7 Å². The molecule has 3 heterocycles. The summed E-state index contributed by atoms with van der Waals surface area (Å²) >= 11 is 0. The van der Waals surface area contributed by atoms with Crippen LogP contribution in [0.1, 0.15) is 0 Å². The molecule has 0 saturated carbocycles. The van der Waals surface area contributed by atoms with Crippen LogP contribution in [0, 0.1) is 0 Å². The smallest absolute Gasteiger partial charge is 0.164 e. The number of fused-ring (bicyclic) bond motifs is 8. The molecule has 0 aliphatic rings. The Morgan fingerprint density at radius 2 is 0.817 bits per heavy atom. The van der Waals surface area contributed by atoms with Crippen molar-refractivity contribution in [2.45, 2.75) is 0 Å². The molecule has 0 aliphatic carbocycles. The summed E-state index contributed by atoms with van der Waals surface area (Å²) in [6.07, 6.45) is 0. The fraction of sp³-hybridized carbons (Fsp3) is 0. The lowest BCUT2D eigenvalue weighted by molar-refractivity contribution is 0.669. The summed E-state index contributed by atoms with van der Waals surface area (Å²) in [6.45, 7) is 0. The maximum atomic E-state index is 6.16. The lowest BCUT2D eigenvalue weighted by Crippen LogP contribution is -2.00. The Kier molecular flexibility index (Phi) is 7.78. The van der Waals surface area contributed by atoms with Crippen molar-refractivity contribution in [1.82, 2.24) is 19.5 Å². The van der Waals surface area contributed by atoms with Crippen LogP contribution in [0.4, 0.5) is 0 Å². The number of nitrogens with zero attached hydrogens (tertiary/aromatic N) is 4. The van der Waals surface area contributed by atoms with Crippen molar-refractivity contribution in [2.24, 2.45) is 0 Å². The van der Waals surface area contributed by atoms with Crippen LogP contribution in [0.5, 0.6) is 0 Å². The highest BCUT2D eigenvalue weighted by molar-refractivity contribution is 6.19. The second-order valence-electron chi connectivity index (χ2n) is 15.2. The standard InChI is InChI=1S/C55H34N4O/c1-3-11-35(12-4-1)36-19-21-39(22-20-36)54-56-53(38-14-5-2-6-15-38)57-55(58-54)40-23-28-43(29-24-40)59-49-31-26-41(33-47(49)46-30-25-37-13-7-8-16-44(37)52(46)59)42-27-32-51-48(34-42)45-17-9-10-18-50(45)60-51/h1-34H. The van der Waals surface area contributed by atoms with Crippen LogP contribution < -0.4 is 0 Å². The van der Waals surface area contributed by atoms with Crippen molar-refractivity contribution in [3.05, 3.63) is 206 Å². The fourth-order valence-corrected chi connectivity index (χ4v) is 8.69. The highest BCUT2D eigenvalue weighted by Gasteiger charge is 2.18. The molecule has 0 aliphatic heterocycles. The van der Waals surface area contributed by atoms with E-state index in [1.165, 1.54) is 32.6 Å². The van der Waals surface area contributed by atoms with Crippen molar-refractivity contribution in [3.63, 3.8) is 0 Å². The summed E-state index contributed by atoms with van der Waals surface area (Å²) in [4.78, 5) is 15.1. The molecule has 9 aromatic carbocycles. The Labute approximate surface area is 345 Å². The number of hydrogen-bond donors (Lipinski definition) is 0. The molecule has 280 valence electrons. The molecule has 0 atom stereocenters. The molecule has 0 bridgehead atoms. The van der Waals surface area contributed by atoms with Crippen molar-refractivity contribution in [1.29, 1.82) is 0 Å². The van der Waals surface area contributed by atoms with Crippen molar-refractivity contribution >= 4 is 54.5 Å². The fourth-order valence-electron chi connectivity index (χ4n) is 8.69. The normalized spacial score (nSPS) is 11.7. The number of aromatic nitrogens is 4. The Morgan fingerprint density at radius 3 is 1.53 bits per heavy atom. The quantitative estimate of drug-likeness (QED) is 0.169. The van der Waals surface area contributed by atoms with E-state index in [0.29, 0.717) is 17.5 Å². The van der Waals surface area contributed by atoms with E-state index in [1.54, 1.807) is 0 Å². The third-order valence-electron chi connectivity index (χ3n) is 11.7. The Hall–Kier alpha value is -8.15. The molecular formula is C55H34N4O. The van der Waals surface area contributed by atoms with E-state index < -0.39 is 0 Å². The van der Waals surface area contributed by atoms with Crippen LogP contribution in [0.2, 0.25) is 0 Å². The maximum Gasteiger partial charge on any atom is 0.164 e. The van der Waals surface area contributed by atoms with Gasteiger partial charge in [-0.15, -0.1) is 0 Å². The summed E-state index contributed by atoms with van der Waals surface area (Å²) in [5.41, 5.74) is 12.6. The Bertz CT molecular complexity index is 3570. The molecule has 0 saturated heterocycles. The van der Waals surface area contributed by atoms with Crippen LogP contribution >= 0.6 is 0 Å². The zero-order valence-electron chi connectivity index (χ0n) is 32.3. The van der Waals surface area contributed by atoms with Gasteiger partial charge in [-0.05, 0) is 82.2 Å². The van der Waals surface area contributed by atoms with Crippen LogP contribution in [0.15, 0.2) is 211 Å². The number of furan rings is 1. The average Bonchev–Trinajstić information content (AvgIpc) is 3.87. The Balaban J connectivity index is 0.981. The average molecular weight is 767 g/mol. The summed E-state index contributed by atoms with van der Waals surface area (Å²) in [5, 5.41) is 7.06. The zero-order valence-corrected chi connectivity index (χ0v) is 32.3. The van der Waals surface area contributed by atoms with Gasteiger partial charge in [-0.3, -0.25) is 0 Å². The van der Waals surface area contributed by atoms with Crippen molar-refractivity contribution < 1.29 is 4.42 Å². The molecule has 5 nitrogen and oxygen atoms in total. The first-order valence-corrected chi connectivity index (χ1v) is 20.2. The summed E-state index contributed by atoms with van der Waals surface area (Å²) in [7, 11) is 0. The van der Waals surface area contributed by atoms with Crippen LogP contribution in [0.25, 0.3) is 117 Å². The first-order valence-electron chi connectivity index (χ1n) is 20.2. The van der Waals surface area contributed by atoms with E-state index in [-0.39, 0.29) is 0 Å². The van der Waals surface area contributed by atoms with Gasteiger partial charge in [0.25, 0.3) is 0 Å². The van der Waals surface area contributed by atoms with Gasteiger partial charge in [0.15, 0.2) is 17.5 Å². The molecule has 0 spiro atoms. The second kappa shape index (κ2) is 13.8. The molecule has 0 unspecified atom stereocenters. The Morgan fingerprint density at radius 1 is 0.317 bits per heavy atom. The van der Waals surface area contributed by atoms with E-state index in [4.69, 9.17) is 19.4 Å². The molecular weight excluding hydrogens is 733 g/mol. The van der Waals surface area contributed by atoms with E-state index in [9.17, 15) is 0 Å². The summed E-state index contributed by atoms with van der Waals surface area (Å²) in [6, 6.07) is 72.3. The number of rotatable bonds is 6. The van der Waals surface area contributed by atoms with E-state index in [0.717, 1.165) is 66.5 Å². The van der Waals surface area contributed by atoms with Gasteiger partial charge in [0.05, 0.1) is 11.0 Å². The van der Waals surface area contributed by atoms with Crippen LogP contribution in [-0.4, -0.2) is 19.5 Å². The van der Waals surface area contributed by atoms with Gasteiger partial charge in [-0.25, -0.2) is 15.0 Å². The van der Waals surface area contributed by atoms with Crippen LogP contribution in [-0.2, 0) is 0 Å². The molecule has 0 amide bonds. The zero-order chi connectivity index (χ0) is 39.6. The third kappa shape index (κ3) is 5.67. The van der Waals surface area contributed by atoms with E-state index in [1.807, 2.05) is 48.5 Å². The summed E-state index contributed by atoms with van der Waals surface area (Å²) in [5.74, 6) is 1.89. The maximum absolute atomic E-state index is 6.16. The third-order valence-corrected chi connectivity index (χ3v) is 11.7. The molecule has 0 N–H and O–H groups in total. The van der Waals surface area contributed by atoms with Gasteiger partial charge >= 0.3 is 0 Å². The van der Waals surface area contributed by atoms with Crippen molar-refractivity contribution in [2.75, 3.05) is 0 Å². The monoisotopic (exact) mass is 766 g/mol. The molecule has 5 heteroatoms. The molecule has 60 heavy (non-hydrogen) atoms. The lowest BCUT2D eigenvalue weighted by Gasteiger charge is -2.12. The van der Waals surface area contributed by atoms with Gasteiger partial charge in [0.2, 0.25) is 0 Å². The number of benzene rings is 9. The highest BCUT2D eigenvalue weighted by atomic mass is 16.3. The van der Waals surface area contributed by atoms with E-state index >= 15 is 0 Å². The van der Waals surface area contributed by atoms with Gasteiger partial charge in [0.1, 0.15) is 11.2 Å². The molecule has 0 radical (unpaired) electrons. The minimum Gasteiger partial charge on any atom is -0.456 e. The molecule has 0 fully saturated rings. The SMILES string of the molecule is c1ccc(-c2ccc(-c3nc(-c4ccccc4)nc(-c4ccc(-n5c6ccc(-c7ccc8oc9ccccc9c8c7)cc6c6ccc7ccccc7c65)cc4)n3)cc2)cc1. The lowest BCUT2D eigenvalue weighted by atomic mass is 10.00. The molecule has 12 rings (SSSR count). The highest BCUT2D eigenvalue weighted by Crippen LogP contribution is 2.40. The minimum atomic E-state index is 0.622. The van der Waals surface area contributed by atoms with E-state index in [2.05, 4.69) is 162 Å². The largest absolute Gasteiger partial charge is 0.456 e. The van der Waals surface area contributed by atoms with Gasteiger partial charge in [-0.1, -0.05) is 152 Å². The first-order chi connectivity index (χ1) is 29.7. The minimum absolute atomic E-state index is 0.622.